The van der Waals surface area contributed by atoms with Crippen LogP contribution in [0, 0.1) is 0 Å². The Morgan fingerprint density at radius 2 is 1.13 bits per heavy atom. The standard InChI is InChI=1S/C32H58N3O2P/c1-5-8-11-14-17-20-26-38(4,27-21-18-15-12-9-6-2,28-22-19-16-13-10-7-3)37-32(36)29-24-23-25-30-31(29)34-35-33-30/h23-25H,5-22,26-28H2,1-4H3,(H,33,34,35). The van der Waals surface area contributed by atoms with Crippen molar-refractivity contribution in [3.63, 3.8) is 0 Å². The molecular weight excluding hydrogens is 489 g/mol. The first kappa shape index (κ1) is 32.7. The molecule has 1 aromatic heterocycles. The average Bonchev–Trinajstić information content (AvgIpc) is 3.40. The van der Waals surface area contributed by atoms with E-state index in [-0.39, 0.29) is 5.97 Å². The molecule has 0 aliphatic carbocycles. The van der Waals surface area contributed by atoms with Gasteiger partial charge in [0.25, 0.3) is 0 Å². The van der Waals surface area contributed by atoms with Gasteiger partial charge < -0.3 is 0 Å². The quantitative estimate of drug-likeness (QED) is 0.111. The molecule has 0 fully saturated rings. The summed E-state index contributed by atoms with van der Waals surface area (Å²) >= 11 is 0. The Kier molecular flexibility index (Phi) is 15.5. The van der Waals surface area contributed by atoms with Crippen LogP contribution in [-0.4, -0.2) is 46.5 Å². The van der Waals surface area contributed by atoms with Crippen LogP contribution < -0.4 is 0 Å². The van der Waals surface area contributed by atoms with Crippen LogP contribution in [0.5, 0.6) is 0 Å². The second-order valence-corrected chi connectivity index (χ2v) is 17.9. The van der Waals surface area contributed by atoms with Gasteiger partial charge in [0.15, 0.2) is 0 Å². The minimum absolute atomic E-state index is 0.187. The van der Waals surface area contributed by atoms with Crippen molar-refractivity contribution in [3.8, 4) is 0 Å². The molecule has 0 unspecified atom stereocenters. The number of H-pyrrole nitrogens is 1. The van der Waals surface area contributed by atoms with Gasteiger partial charge in [-0.2, -0.15) is 0 Å². The van der Waals surface area contributed by atoms with Gasteiger partial charge in [0.05, 0.1) is 0 Å². The third kappa shape index (κ3) is 11.3. The van der Waals surface area contributed by atoms with Crippen LogP contribution in [0.25, 0.3) is 11.0 Å². The van der Waals surface area contributed by atoms with Crippen molar-refractivity contribution in [3.05, 3.63) is 23.8 Å². The number of hydrogen-bond acceptors (Lipinski definition) is 4. The molecule has 0 bridgehead atoms. The molecule has 0 saturated carbocycles. The molecule has 1 aromatic carbocycles. The fourth-order valence-corrected chi connectivity index (χ4v) is 10.7. The zero-order chi connectivity index (χ0) is 27.6. The molecule has 0 aliphatic heterocycles. The molecule has 0 saturated heterocycles. The molecule has 0 radical (unpaired) electrons. The fraction of sp³-hybridized carbons (Fsp3) is 0.781. The Morgan fingerprint density at radius 3 is 1.61 bits per heavy atom. The monoisotopic (exact) mass is 547 g/mol. The Bertz CT molecular complexity index is 869. The Hall–Kier alpha value is -1.48. The fourth-order valence-electron chi connectivity index (χ4n) is 5.83. The van der Waals surface area contributed by atoms with E-state index >= 15 is 0 Å². The van der Waals surface area contributed by atoms with Crippen LogP contribution in [0.2, 0.25) is 0 Å². The summed E-state index contributed by atoms with van der Waals surface area (Å²) in [6.45, 7) is 6.50. The predicted octanol–water partition coefficient (Wildman–Crippen LogP) is 10.3. The van der Waals surface area contributed by atoms with E-state index in [0.717, 1.165) is 24.0 Å². The molecule has 0 atom stereocenters. The van der Waals surface area contributed by atoms with E-state index in [1.165, 1.54) is 116 Å². The van der Waals surface area contributed by atoms with E-state index in [0.29, 0.717) is 11.1 Å². The SMILES string of the molecule is CCCCCCCCP(C)(CCCCCCCC)(CCCCCCCC)OC(=O)c1cccc2n[nH]nc12. The number of hydrogen-bond donors (Lipinski definition) is 1. The zero-order valence-electron chi connectivity index (χ0n) is 25.2. The van der Waals surface area contributed by atoms with Gasteiger partial charge in [0.1, 0.15) is 0 Å². The van der Waals surface area contributed by atoms with Crippen molar-refractivity contribution in [2.45, 2.75) is 136 Å². The topological polar surface area (TPSA) is 67.9 Å². The molecule has 1 heterocycles. The first-order valence-corrected chi connectivity index (χ1v) is 19.2. The third-order valence-corrected chi connectivity index (χ3v) is 13.8. The number of nitrogens with one attached hydrogen (secondary N) is 1. The zero-order valence-corrected chi connectivity index (χ0v) is 26.1. The number of aromatic nitrogens is 3. The average molecular weight is 548 g/mol. The van der Waals surface area contributed by atoms with E-state index in [9.17, 15) is 4.79 Å². The predicted molar refractivity (Wildman–Crippen MR) is 167 cm³/mol. The normalized spacial score (nSPS) is 13.0. The van der Waals surface area contributed by atoms with E-state index < -0.39 is 6.83 Å². The molecule has 2 rings (SSSR count). The summed E-state index contributed by atoms with van der Waals surface area (Å²) in [6.07, 6.45) is 26.1. The minimum atomic E-state index is -2.73. The molecule has 5 nitrogen and oxygen atoms in total. The first-order valence-electron chi connectivity index (χ1n) is 16.0. The van der Waals surface area contributed by atoms with Crippen molar-refractivity contribution in [2.24, 2.45) is 0 Å². The molecule has 6 heteroatoms. The van der Waals surface area contributed by atoms with Crippen LogP contribution in [-0.2, 0) is 4.52 Å². The van der Waals surface area contributed by atoms with E-state index in [1.54, 1.807) is 0 Å². The molecular formula is C32H58N3O2P. The summed E-state index contributed by atoms with van der Waals surface area (Å²) in [7, 11) is 0. The third-order valence-electron chi connectivity index (χ3n) is 8.36. The summed E-state index contributed by atoms with van der Waals surface area (Å²) < 4.78 is 6.88. The van der Waals surface area contributed by atoms with E-state index in [1.807, 2.05) is 18.2 Å². The van der Waals surface area contributed by atoms with Gasteiger partial charge in [-0.15, -0.1) is 0 Å². The summed E-state index contributed by atoms with van der Waals surface area (Å²) in [5.41, 5.74) is 1.90. The van der Waals surface area contributed by atoms with Gasteiger partial charge in [-0.25, -0.2) is 0 Å². The van der Waals surface area contributed by atoms with Gasteiger partial charge in [0, 0.05) is 0 Å². The molecule has 38 heavy (non-hydrogen) atoms. The number of para-hydroxylation sites is 1. The van der Waals surface area contributed by atoms with Gasteiger partial charge in [-0.1, -0.05) is 0 Å². The van der Waals surface area contributed by atoms with Crippen molar-refractivity contribution >= 4 is 23.8 Å². The van der Waals surface area contributed by atoms with Gasteiger partial charge in [-0.05, 0) is 0 Å². The molecule has 1 N–H and O–H groups in total. The number of rotatable bonds is 23. The Balaban J connectivity index is 2.21. The van der Waals surface area contributed by atoms with Crippen LogP contribution in [0.1, 0.15) is 147 Å². The maximum atomic E-state index is 13.8. The Labute approximate surface area is 233 Å². The number of fused-ring (bicyclic) bond motifs is 1. The number of nitrogens with zero attached hydrogens (tertiary/aromatic N) is 2. The van der Waals surface area contributed by atoms with Crippen LogP contribution >= 0.6 is 6.83 Å². The van der Waals surface area contributed by atoms with Crippen LogP contribution in [0.15, 0.2) is 18.2 Å². The van der Waals surface area contributed by atoms with Crippen LogP contribution in [0.3, 0.4) is 0 Å². The van der Waals surface area contributed by atoms with Crippen molar-refractivity contribution < 1.29 is 9.32 Å². The number of carbonyl (C=O) groups is 1. The van der Waals surface area contributed by atoms with E-state index in [4.69, 9.17) is 4.52 Å². The van der Waals surface area contributed by atoms with Gasteiger partial charge in [0.2, 0.25) is 0 Å². The van der Waals surface area contributed by atoms with Crippen molar-refractivity contribution in [1.82, 2.24) is 15.4 Å². The number of carbonyl (C=O) groups excluding carboxylic acids is 1. The molecule has 0 aliphatic rings. The van der Waals surface area contributed by atoms with Gasteiger partial charge >= 0.3 is 234 Å². The summed E-state index contributed by atoms with van der Waals surface area (Å²) in [6, 6.07) is 5.64. The molecule has 0 spiro atoms. The van der Waals surface area contributed by atoms with E-state index in [2.05, 4.69) is 42.8 Å². The van der Waals surface area contributed by atoms with Crippen molar-refractivity contribution in [1.29, 1.82) is 0 Å². The summed E-state index contributed by atoms with van der Waals surface area (Å²) in [5, 5.41) is 11.2. The second kappa shape index (κ2) is 18.0. The number of benzene rings is 1. The van der Waals surface area contributed by atoms with Crippen LogP contribution in [0.4, 0.5) is 0 Å². The Morgan fingerprint density at radius 1 is 0.684 bits per heavy atom. The summed E-state index contributed by atoms with van der Waals surface area (Å²) in [5.74, 6) is -0.187. The molecule has 218 valence electrons. The van der Waals surface area contributed by atoms with Crippen molar-refractivity contribution in [2.75, 3.05) is 25.2 Å². The molecule has 2 aromatic rings. The first-order chi connectivity index (χ1) is 18.5. The maximum absolute atomic E-state index is 13.8. The molecule has 0 amide bonds. The van der Waals surface area contributed by atoms with Gasteiger partial charge in [-0.3, -0.25) is 0 Å². The number of unbranched alkanes of at least 4 members (excludes halogenated alkanes) is 15. The second-order valence-electron chi connectivity index (χ2n) is 12.0. The number of aromatic amines is 1. The summed E-state index contributed by atoms with van der Waals surface area (Å²) in [4.78, 5) is 13.8.